The molecule has 0 aromatic heterocycles. The van der Waals surface area contributed by atoms with E-state index in [4.69, 9.17) is 19.5 Å². The van der Waals surface area contributed by atoms with Gasteiger partial charge in [-0.3, -0.25) is 0 Å². The summed E-state index contributed by atoms with van der Waals surface area (Å²) in [6.07, 6.45) is 0.251. The molecule has 0 aliphatic carbocycles. The Bertz CT molecular complexity index is 928. The summed E-state index contributed by atoms with van der Waals surface area (Å²) in [4.78, 5) is 2.34. The van der Waals surface area contributed by atoms with Crippen molar-refractivity contribution in [3.8, 4) is 11.8 Å². The van der Waals surface area contributed by atoms with Gasteiger partial charge in [0.1, 0.15) is 12.4 Å². The fourth-order valence-corrected chi connectivity index (χ4v) is 4.50. The molecule has 2 aliphatic rings. The van der Waals surface area contributed by atoms with Gasteiger partial charge in [0.25, 0.3) is 0 Å². The Morgan fingerprint density at radius 2 is 2.06 bits per heavy atom. The summed E-state index contributed by atoms with van der Waals surface area (Å²) in [7, 11) is 1.73. The number of nitrogens with one attached hydrogen (secondary N) is 1. The largest absolute Gasteiger partial charge is 0.490 e. The molecular weight excluding hydrogens is 406 g/mol. The standard InChI is InChI=1S/C25H31N3O4/c1-30-11-2-9-28-10-12-31-23-8-5-19(13-21(23)28)17-32-24-16-27-15-22(29)25(24)20-6-3-18(14-26)4-7-20/h3-8,13,22,24-25,27,29H,2,9-12,15-17H2,1H3/t22-,24+,25+/m1/s1. The summed E-state index contributed by atoms with van der Waals surface area (Å²) in [5.41, 5.74) is 3.77. The van der Waals surface area contributed by atoms with Gasteiger partial charge in [0, 0.05) is 39.3 Å². The predicted molar refractivity (Wildman–Crippen MR) is 122 cm³/mol. The zero-order valence-corrected chi connectivity index (χ0v) is 18.5. The Morgan fingerprint density at radius 1 is 1.22 bits per heavy atom. The van der Waals surface area contributed by atoms with Crippen molar-refractivity contribution < 1.29 is 19.3 Å². The Hall–Kier alpha value is -2.63. The normalized spacial score (nSPS) is 22.7. The second-order valence-corrected chi connectivity index (χ2v) is 8.32. The molecule has 2 aromatic rings. The van der Waals surface area contributed by atoms with Gasteiger partial charge >= 0.3 is 0 Å². The predicted octanol–water partition coefficient (Wildman–Crippen LogP) is 2.43. The average Bonchev–Trinajstić information content (AvgIpc) is 2.83. The lowest BCUT2D eigenvalue weighted by Gasteiger charge is -2.36. The number of nitrogens with zero attached hydrogens (tertiary/aromatic N) is 2. The summed E-state index contributed by atoms with van der Waals surface area (Å²) >= 11 is 0. The number of hydrogen-bond acceptors (Lipinski definition) is 7. The first-order valence-electron chi connectivity index (χ1n) is 11.2. The van der Waals surface area contributed by atoms with Gasteiger partial charge in [-0.05, 0) is 41.8 Å². The number of fused-ring (bicyclic) bond motifs is 1. The number of anilines is 1. The van der Waals surface area contributed by atoms with Crippen molar-refractivity contribution in [2.24, 2.45) is 0 Å². The first-order valence-corrected chi connectivity index (χ1v) is 11.2. The fraction of sp³-hybridized carbons (Fsp3) is 0.480. The Labute approximate surface area is 189 Å². The number of nitriles is 1. The van der Waals surface area contributed by atoms with Crippen LogP contribution < -0.4 is 15.0 Å². The van der Waals surface area contributed by atoms with Crippen molar-refractivity contribution in [3.63, 3.8) is 0 Å². The highest BCUT2D eigenvalue weighted by Gasteiger charge is 2.34. The van der Waals surface area contributed by atoms with E-state index in [1.165, 1.54) is 0 Å². The van der Waals surface area contributed by atoms with E-state index in [2.05, 4.69) is 22.4 Å². The molecule has 1 saturated heterocycles. The molecule has 0 saturated carbocycles. The van der Waals surface area contributed by atoms with Gasteiger partial charge in [-0.15, -0.1) is 0 Å². The van der Waals surface area contributed by atoms with Crippen LogP contribution in [0.3, 0.4) is 0 Å². The molecule has 3 atom stereocenters. The van der Waals surface area contributed by atoms with Gasteiger partial charge in [0.05, 0.1) is 42.7 Å². The second kappa shape index (κ2) is 10.8. The third kappa shape index (κ3) is 5.22. The van der Waals surface area contributed by atoms with Gasteiger partial charge in [0.15, 0.2) is 0 Å². The zero-order valence-electron chi connectivity index (χ0n) is 18.5. The first-order chi connectivity index (χ1) is 15.7. The number of hydrogen-bond donors (Lipinski definition) is 2. The van der Waals surface area contributed by atoms with Crippen molar-refractivity contribution in [2.75, 3.05) is 51.4 Å². The van der Waals surface area contributed by atoms with Crippen LogP contribution >= 0.6 is 0 Å². The van der Waals surface area contributed by atoms with E-state index in [1.807, 2.05) is 24.3 Å². The van der Waals surface area contributed by atoms with Crippen molar-refractivity contribution in [1.29, 1.82) is 5.26 Å². The third-order valence-corrected chi connectivity index (χ3v) is 6.16. The van der Waals surface area contributed by atoms with Crippen LogP contribution in [-0.4, -0.2) is 63.8 Å². The first kappa shape index (κ1) is 22.6. The fourth-order valence-electron chi connectivity index (χ4n) is 4.50. The smallest absolute Gasteiger partial charge is 0.142 e. The van der Waals surface area contributed by atoms with Crippen molar-refractivity contribution in [2.45, 2.75) is 31.2 Å². The Kier molecular flexibility index (Phi) is 7.61. The molecule has 0 spiro atoms. The summed E-state index contributed by atoms with van der Waals surface area (Å²) in [6.45, 7) is 4.85. The molecule has 2 aliphatic heterocycles. The molecule has 1 fully saturated rings. The van der Waals surface area contributed by atoms with E-state index >= 15 is 0 Å². The molecule has 7 nitrogen and oxygen atoms in total. The van der Waals surface area contributed by atoms with Gasteiger partial charge in [-0.25, -0.2) is 0 Å². The maximum Gasteiger partial charge on any atom is 0.142 e. The van der Waals surface area contributed by atoms with E-state index in [-0.39, 0.29) is 12.0 Å². The van der Waals surface area contributed by atoms with Crippen LogP contribution in [0.1, 0.15) is 29.0 Å². The number of β-amino-alcohol motifs (C(OH)–C–C–N with tert-alkyl or cyclic N) is 1. The molecule has 7 heteroatoms. The van der Waals surface area contributed by atoms with E-state index in [0.717, 1.165) is 48.7 Å². The summed E-state index contributed by atoms with van der Waals surface area (Å²) in [5.74, 6) is 0.762. The summed E-state index contributed by atoms with van der Waals surface area (Å²) in [6, 6.07) is 15.8. The number of piperidine rings is 1. The van der Waals surface area contributed by atoms with Crippen molar-refractivity contribution in [1.82, 2.24) is 5.32 Å². The third-order valence-electron chi connectivity index (χ3n) is 6.16. The molecule has 0 amide bonds. The second-order valence-electron chi connectivity index (χ2n) is 8.32. The number of aliphatic hydroxyl groups is 1. The summed E-state index contributed by atoms with van der Waals surface area (Å²) in [5, 5.41) is 23.0. The van der Waals surface area contributed by atoms with Crippen LogP contribution in [0.25, 0.3) is 0 Å². The number of rotatable bonds is 8. The maximum absolute atomic E-state index is 10.7. The lowest BCUT2D eigenvalue weighted by molar-refractivity contribution is -0.0328. The minimum atomic E-state index is -0.546. The number of ether oxygens (including phenoxy) is 3. The Morgan fingerprint density at radius 3 is 2.84 bits per heavy atom. The van der Waals surface area contributed by atoms with Crippen LogP contribution in [0.2, 0.25) is 0 Å². The van der Waals surface area contributed by atoms with E-state index in [0.29, 0.717) is 31.9 Å². The van der Waals surface area contributed by atoms with E-state index in [1.54, 1.807) is 19.2 Å². The number of benzene rings is 2. The lowest BCUT2D eigenvalue weighted by Crippen LogP contribution is -2.49. The molecule has 4 rings (SSSR count). The molecule has 0 unspecified atom stereocenters. The highest BCUT2D eigenvalue weighted by atomic mass is 16.5. The molecule has 2 heterocycles. The molecule has 0 radical (unpaired) electrons. The van der Waals surface area contributed by atoms with Crippen LogP contribution in [0.4, 0.5) is 5.69 Å². The van der Waals surface area contributed by atoms with Crippen LogP contribution in [-0.2, 0) is 16.1 Å². The van der Waals surface area contributed by atoms with Crippen LogP contribution in [0.15, 0.2) is 42.5 Å². The van der Waals surface area contributed by atoms with Crippen molar-refractivity contribution >= 4 is 5.69 Å². The maximum atomic E-state index is 10.7. The molecule has 32 heavy (non-hydrogen) atoms. The highest BCUT2D eigenvalue weighted by molar-refractivity contribution is 5.61. The van der Waals surface area contributed by atoms with Crippen molar-refractivity contribution in [3.05, 3.63) is 59.2 Å². The average molecular weight is 438 g/mol. The monoisotopic (exact) mass is 437 g/mol. The Balaban J connectivity index is 1.45. The van der Waals surface area contributed by atoms with E-state index < -0.39 is 6.10 Å². The molecule has 2 aromatic carbocycles. The van der Waals surface area contributed by atoms with Crippen LogP contribution in [0, 0.1) is 11.3 Å². The number of aliphatic hydroxyl groups excluding tert-OH is 1. The SMILES string of the molecule is COCCCN1CCOc2ccc(CO[C@H]3CNC[C@@H](O)[C@@H]3c3ccc(C#N)cc3)cc21. The molecule has 0 bridgehead atoms. The minimum Gasteiger partial charge on any atom is -0.490 e. The van der Waals surface area contributed by atoms with Gasteiger partial charge < -0.3 is 29.5 Å². The quantitative estimate of drug-likeness (QED) is 0.614. The van der Waals surface area contributed by atoms with Crippen LogP contribution in [0.5, 0.6) is 5.75 Å². The lowest BCUT2D eigenvalue weighted by atomic mass is 9.85. The van der Waals surface area contributed by atoms with Gasteiger partial charge in [-0.2, -0.15) is 5.26 Å². The minimum absolute atomic E-state index is 0.143. The van der Waals surface area contributed by atoms with Gasteiger partial charge in [0.2, 0.25) is 0 Å². The zero-order chi connectivity index (χ0) is 22.3. The highest BCUT2D eigenvalue weighted by Crippen LogP contribution is 2.34. The van der Waals surface area contributed by atoms with E-state index in [9.17, 15) is 5.11 Å². The molecule has 2 N–H and O–H groups in total. The molecule has 170 valence electrons. The topological polar surface area (TPSA) is 87.0 Å². The molecular formula is C25H31N3O4. The van der Waals surface area contributed by atoms with Gasteiger partial charge in [-0.1, -0.05) is 18.2 Å². The number of methoxy groups -OCH3 is 1. The summed E-state index contributed by atoms with van der Waals surface area (Å²) < 4.78 is 17.4.